The smallest absolute Gasteiger partial charge is 0.317 e. The van der Waals surface area contributed by atoms with Gasteiger partial charge >= 0.3 is 11.9 Å². The zero-order valence-electron chi connectivity index (χ0n) is 16.1. The fraction of sp³-hybridized carbons (Fsp3) is 0.550. The van der Waals surface area contributed by atoms with Crippen LogP contribution in [0.5, 0.6) is 11.5 Å². The molecule has 1 N–H and O–H groups in total. The summed E-state index contributed by atoms with van der Waals surface area (Å²) < 4.78 is 21.0. The Morgan fingerprint density at radius 3 is 2.46 bits per heavy atom. The first-order valence-electron chi connectivity index (χ1n) is 9.28. The summed E-state index contributed by atoms with van der Waals surface area (Å²) in [6.07, 6.45) is -0.346. The summed E-state index contributed by atoms with van der Waals surface area (Å²) in [4.78, 5) is 38.2. The van der Waals surface area contributed by atoms with Gasteiger partial charge in [0.25, 0.3) is 0 Å². The van der Waals surface area contributed by atoms with E-state index >= 15 is 0 Å². The Morgan fingerprint density at radius 1 is 1.14 bits per heavy atom. The van der Waals surface area contributed by atoms with Crippen molar-refractivity contribution in [2.75, 3.05) is 20.0 Å². The molecule has 0 spiro atoms. The minimum atomic E-state index is -1.67. The van der Waals surface area contributed by atoms with Crippen LogP contribution in [0, 0.1) is 11.8 Å². The van der Waals surface area contributed by atoms with Crippen molar-refractivity contribution in [2.24, 2.45) is 11.8 Å². The zero-order valence-corrected chi connectivity index (χ0v) is 16.1. The Bertz CT molecular complexity index is 784. The normalized spacial score (nSPS) is 28.7. The third kappa shape index (κ3) is 3.56. The molecule has 0 radical (unpaired) electrons. The van der Waals surface area contributed by atoms with E-state index in [1.807, 2.05) is 0 Å². The standard InChI is InChI=1S/C20H24O8/c1-4-25-18(22)16-12(21)9-20(3,24)17(19(23)26-5-2)15(16)11-6-7-13-14(8-11)28-10-27-13/h6-8,15-17,24H,4-5,9-10H2,1-3H3/t15-,16-,17+,20+/m1/s1. The number of Topliss-reactive ketones (excluding diaryl/α,β-unsaturated/α-hetero) is 1. The van der Waals surface area contributed by atoms with Crippen LogP contribution in [0.3, 0.4) is 0 Å². The molecule has 2 aliphatic rings. The van der Waals surface area contributed by atoms with Gasteiger partial charge in [-0.15, -0.1) is 0 Å². The Hall–Kier alpha value is -2.61. The van der Waals surface area contributed by atoms with Gasteiger partial charge in [0.2, 0.25) is 6.79 Å². The first kappa shape index (κ1) is 20.1. The highest BCUT2D eigenvalue weighted by atomic mass is 16.7. The van der Waals surface area contributed by atoms with Crippen LogP contribution in [0.25, 0.3) is 0 Å². The minimum Gasteiger partial charge on any atom is -0.466 e. The monoisotopic (exact) mass is 392 g/mol. The highest BCUT2D eigenvalue weighted by Crippen LogP contribution is 2.48. The molecule has 28 heavy (non-hydrogen) atoms. The van der Waals surface area contributed by atoms with E-state index < -0.39 is 41.1 Å². The lowest BCUT2D eigenvalue weighted by atomic mass is 9.61. The predicted octanol–water partition coefficient (Wildman–Crippen LogP) is 1.58. The maximum absolute atomic E-state index is 12.8. The number of esters is 2. The van der Waals surface area contributed by atoms with Gasteiger partial charge in [0, 0.05) is 12.3 Å². The molecule has 4 atom stereocenters. The number of carbonyl (C=O) groups is 3. The zero-order chi connectivity index (χ0) is 20.5. The number of ketones is 1. The topological polar surface area (TPSA) is 108 Å². The quantitative estimate of drug-likeness (QED) is 0.594. The average Bonchev–Trinajstić information content (AvgIpc) is 3.08. The van der Waals surface area contributed by atoms with Gasteiger partial charge in [-0.1, -0.05) is 6.07 Å². The summed E-state index contributed by atoms with van der Waals surface area (Å²) in [5, 5.41) is 10.9. The van der Waals surface area contributed by atoms with Gasteiger partial charge in [-0.05, 0) is 38.5 Å². The Balaban J connectivity index is 2.12. The second kappa shape index (κ2) is 7.79. The van der Waals surface area contributed by atoms with Crippen LogP contribution in [0.4, 0.5) is 0 Å². The number of aliphatic hydroxyl groups is 1. The van der Waals surface area contributed by atoms with E-state index in [0.29, 0.717) is 17.1 Å². The van der Waals surface area contributed by atoms with Crippen LogP contribution in [-0.2, 0) is 23.9 Å². The van der Waals surface area contributed by atoms with E-state index in [9.17, 15) is 19.5 Å². The Morgan fingerprint density at radius 2 is 1.79 bits per heavy atom. The molecular weight excluding hydrogens is 368 g/mol. The Labute approximate surface area is 162 Å². The van der Waals surface area contributed by atoms with Crippen molar-refractivity contribution in [1.82, 2.24) is 0 Å². The molecule has 0 amide bonds. The van der Waals surface area contributed by atoms with Crippen molar-refractivity contribution in [3.8, 4) is 11.5 Å². The van der Waals surface area contributed by atoms with E-state index in [-0.39, 0.29) is 26.4 Å². The highest BCUT2D eigenvalue weighted by Gasteiger charge is 2.57. The van der Waals surface area contributed by atoms with Gasteiger partial charge in [-0.3, -0.25) is 14.4 Å². The third-order valence-electron chi connectivity index (χ3n) is 5.13. The van der Waals surface area contributed by atoms with Gasteiger partial charge < -0.3 is 24.1 Å². The maximum Gasteiger partial charge on any atom is 0.317 e. The first-order valence-corrected chi connectivity index (χ1v) is 9.28. The van der Waals surface area contributed by atoms with Gasteiger partial charge in [0.05, 0.1) is 24.7 Å². The SMILES string of the molecule is CCOC(=O)[C@@H]1C(=O)C[C@](C)(O)[C@H](C(=O)OCC)[C@@H]1c1ccc2c(c1)OCO2. The minimum absolute atomic E-state index is 0.0582. The predicted molar refractivity (Wildman–Crippen MR) is 95.8 cm³/mol. The summed E-state index contributed by atoms with van der Waals surface area (Å²) in [6, 6.07) is 4.93. The van der Waals surface area contributed by atoms with Crippen molar-refractivity contribution in [3.05, 3.63) is 23.8 Å². The molecule has 1 aliphatic carbocycles. The van der Waals surface area contributed by atoms with Crippen molar-refractivity contribution in [3.63, 3.8) is 0 Å². The molecule has 152 valence electrons. The number of fused-ring (bicyclic) bond motifs is 1. The van der Waals surface area contributed by atoms with Gasteiger partial charge in [0.1, 0.15) is 5.92 Å². The number of benzene rings is 1. The molecule has 1 fully saturated rings. The van der Waals surface area contributed by atoms with Crippen LogP contribution in [0.15, 0.2) is 18.2 Å². The summed E-state index contributed by atoms with van der Waals surface area (Å²) in [7, 11) is 0. The van der Waals surface area contributed by atoms with Crippen molar-refractivity contribution < 1.29 is 38.4 Å². The number of carbonyl (C=O) groups excluding carboxylic acids is 3. The highest BCUT2D eigenvalue weighted by molar-refractivity contribution is 6.02. The molecule has 8 heteroatoms. The first-order chi connectivity index (χ1) is 13.3. The van der Waals surface area contributed by atoms with E-state index in [1.54, 1.807) is 32.0 Å². The molecule has 1 aromatic carbocycles. The number of hydrogen-bond acceptors (Lipinski definition) is 8. The molecule has 1 heterocycles. The van der Waals surface area contributed by atoms with Gasteiger partial charge in [0.15, 0.2) is 17.3 Å². The second-order valence-electron chi connectivity index (χ2n) is 7.10. The summed E-state index contributed by atoms with van der Waals surface area (Å²) in [6.45, 7) is 4.96. The summed E-state index contributed by atoms with van der Waals surface area (Å²) in [5.74, 6) is -4.21. The fourth-order valence-corrected chi connectivity index (χ4v) is 4.00. The molecule has 0 saturated heterocycles. The maximum atomic E-state index is 12.8. The van der Waals surface area contributed by atoms with Crippen molar-refractivity contribution in [1.29, 1.82) is 0 Å². The number of rotatable bonds is 5. The Kier molecular flexibility index (Phi) is 5.60. The molecule has 1 aromatic rings. The van der Waals surface area contributed by atoms with E-state index in [1.165, 1.54) is 6.92 Å². The molecule has 3 rings (SSSR count). The van der Waals surface area contributed by atoms with Gasteiger partial charge in [-0.2, -0.15) is 0 Å². The van der Waals surface area contributed by atoms with Gasteiger partial charge in [-0.25, -0.2) is 0 Å². The largest absolute Gasteiger partial charge is 0.466 e. The van der Waals surface area contributed by atoms with Crippen molar-refractivity contribution >= 4 is 17.7 Å². The second-order valence-corrected chi connectivity index (χ2v) is 7.10. The lowest BCUT2D eigenvalue weighted by Gasteiger charge is -2.43. The third-order valence-corrected chi connectivity index (χ3v) is 5.13. The molecule has 1 saturated carbocycles. The molecule has 0 aromatic heterocycles. The van der Waals surface area contributed by atoms with Crippen LogP contribution in [-0.4, -0.2) is 48.4 Å². The van der Waals surface area contributed by atoms with Crippen LogP contribution in [0.2, 0.25) is 0 Å². The molecular formula is C20H24O8. The molecule has 0 bridgehead atoms. The lowest BCUT2D eigenvalue weighted by molar-refractivity contribution is -0.172. The molecule has 0 unspecified atom stereocenters. The molecule has 8 nitrogen and oxygen atoms in total. The summed E-state index contributed by atoms with van der Waals surface area (Å²) in [5.41, 5.74) is -1.18. The molecule has 1 aliphatic heterocycles. The number of hydrogen-bond donors (Lipinski definition) is 1. The summed E-state index contributed by atoms with van der Waals surface area (Å²) >= 11 is 0. The van der Waals surface area contributed by atoms with Crippen molar-refractivity contribution in [2.45, 2.75) is 38.7 Å². The fourth-order valence-electron chi connectivity index (χ4n) is 4.00. The van der Waals surface area contributed by atoms with Crippen LogP contribution >= 0.6 is 0 Å². The van der Waals surface area contributed by atoms with E-state index in [0.717, 1.165) is 0 Å². The average molecular weight is 392 g/mol. The van der Waals surface area contributed by atoms with E-state index in [2.05, 4.69) is 0 Å². The number of ether oxygens (including phenoxy) is 4. The van der Waals surface area contributed by atoms with Crippen LogP contribution in [0.1, 0.15) is 38.7 Å². The van der Waals surface area contributed by atoms with E-state index in [4.69, 9.17) is 18.9 Å². The lowest BCUT2D eigenvalue weighted by Crippen LogP contribution is -2.55. The van der Waals surface area contributed by atoms with Crippen LogP contribution < -0.4 is 9.47 Å².